The van der Waals surface area contributed by atoms with Gasteiger partial charge in [-0.1, -0.05) is 296 Å². The highest BCUT2D eigenvalue weighted by Gasteiger charge is 2.18. The van der Waals surface area contributed by atoms with E-state index in [1.54, 1.807) is 6.08 Å². The fourth-order valence-electron chi connectivity index (χ4n) is 8.47. The molecule has 0 aromatic carbocycles. The minimum absolute atomic E-state index is 0.0780. The fraction of sp³-hybridized carbons (Fsp3) is 0.682. The molecule has 2 atom stereocenters. The van der Waals surface area contributed by atoms with E-state index in [0.29, 0.717) is 6.42 Å². The number of carbonyl (C=O) groups is 1. The van der Waals surface area contributed by atoms with E-state index in [0.717, 1.165) is 96.3 Å². The van der Waals surface area contributed by atoms with Gasteiger partial charge in [0.15, 0.2) is 0 Å². The Hall–Kier alpha value is -3.21. The van der Waals surface area contributed by atoms with Gasteiger partial charge in [0.1, 0.15) is 0 Å². The second-order valence-corrected chi connectivity index (χ2v) is 19.7. The molecule has 70 heavy (non-hydrogen) atoms. The number of hydrogen-bond acceptors (Lipinski definition) is 3. The van der Waals surface area contributed by atoms with Gasteiger partial charge in [-0.3, -0.25) is 4.79 Å². The van der Waals surface area contributed by atoms with E-state index in [-0.39, 0.29) is 12.5 Å². The summed E-state index contributed by atoms with van der Waals surface area (Å²) in [5.74, 6) is -0.0780. The average molecular weight is 969 g/mol. The van der Waals surface area contributed by atoms with Gasteiger partial charge in [0.2, 0.25) is 5.91 Å². The van der Waals surface area contributed by atoms with E-state index < -0.39 is 12.1 Å². The van der Waals surface area contributed by atoms with Crippen molar-refractivity contribution >= 4 is 5.91 Å². The quantitative estimate of drug-likeness (QED) is 0.0420. The summed E-state index contributed by atoms with van der Waals surface area (Å²) in [6, 6.07) is -0.638. The number of carbonyl (C=O) groups excluding carboxylic acids is 1. The van der Waals surface area contributed by atoms with Crippen molar-refractivity contribution in [1.82, 2.24) is 5.32 Å². The average Bonchev–Trinajstić information content (AvgIpc) is 3.36. The predicted octanol–water partition coefficient (Wildman–Crippen LogP) is 20.0. The molecule has 1 amide bonds. The number of hydrogen-bond donors (Lipinski definition) is 3. The third kappa shape index (κ3) is 55.7. The first kappa shape index (κ1) is 66.8. The van der Waals surface area contributed by atoms with Crippen molar-refractivity contribution in [1.29, 1.82) is 0 Å². The van der Waals surface area contributed by atoms with Crippen LogP contribution in [0, 0.1) is 0 Å². The molecule has 0 radical (unpaired) electrons. The van der Waals surface area contributed by atoms with Gasteiger partial charge < -0.3 is 15.5 Å². The molecule has 0 aliphatic rings. The highest BCUT2D eigenvalue weighted by Crippen LogP contribution is 2.16. The Kier molecular flexibility index (Phi) is 57.3. The molecule has 0 saturated carbocycles. The van der Waals surface area contributed by atoms with Crippen LogP contribution in [0.2, 0.25) is 0 Å². The normalized spacial score (nSPS) is 13.7. The summed E-state index contributed by atoms with van der Waals surface area (Å²) in [5.41, 5.74) is 0. The Labute approximate surface area is 435 Å². The maximum atomic E-state index is 12.5. The van der Waals surface area contributed by atoms with Crippen molar-refractivity contribution < 1.29 is 15.0 Å². The molecule has 0 bridgehead atoms. The molecule has 0 aromatic heterocycles. The maximum absolute atomic E-state index is 12.5. The lowest BCUT2D eigenvalue weighted by atomic mass is 10.0. The van der Waals surface area contributed by atoms with Crippen LogP contribution in [0.3, 0.4) is 0 Å². The number of amides is 1. The number of allylic oxidation sites excluding steroid dienone is 19. The molecule has 3 N–H and O–H groups in total. The van der Waals surface area contributed by atoms with Crippen LogP contribution in [0.4, 0.5) is 0 Å². The van der Waals surface area contributed by atoms with Crippen LogP contribution in [-0.2, 0) is 4.79 Å². The predicted molar refractivity (Wildman–Crippen MR) is 312 cm³/mol. The zero-order chi connectivity index (χ0) is 50.6. The summed E-state index contributed by atoms with van der Waals surface area (Å²) in [7, 11) is 0. The molecule has 0 aromatic rings. The smallest absolute Gasteiger partial charge is 0.220 e. The highest BCUT2D eigenvalue weighted by molar-refractivity contribution is 5.76. The third-order valence-corrected chi connectivity index (χ3v) is 13.0. The SMILES string of the molecule is CC/C=C\C/C=C\C/C=C\C/C=C\C/C=C\C/C=C\C/C=C\C/C=C\C/C=C\CCCCCCCCCC(=O)NC(CO)C(O)/C=C/CCCCCCCCCCCCCCCCCCCCCCC. The van der Waals surface area contributed by atoms with Crippen LogP contribution in [0.1, 0.15) is 271 Å². The van der Waals surface area contributed by atoms with E-state index in [1.165, 1.54) is 154 Å². The van der Waals surface area contributed by atoms with Crippen LogP contribution in [0.15, 0.2) is 122 Å². The van der Waals surface area contributed by atoms with Gasteiger partial charge in [0, 0.05) is 6.42 Å². The second-order valence-electron chi connectivity index (χ2n) is 19.7. The van der Waals surface area contributed by atoms with Gasteiger partial charge in [0.25, 0.3) is 0 Å². The van der Waals surface area contributed by atoms with Gasteiger partial charge in [0.05, 0.1) is 18.8 Å². The first-order chi connectivity index (χ1) is 34.7. The van der Waals surface area contributed by atoms with E-state index >= 15 is 0 Å². The van der Waals surface area contributed by atoms with Gasteiger partial charge >= 0.3 is 0 Å². The molecule has 2 unspecified atom stereocenters. The Bertz CT molecular complexity index is 1380. The summed E-state index contributed by atoms with van der Waals surface area (Å²) in [6.07, 6.45) is 92.2. The van der Waals surface area contributed by atoms with E-state index in [2.05, 4.69) is 129 Å². The molecule has 0 spiro atoms. The lowest BCUT2D eigenvalue weighted by molar-refractivity contribution is -0.123. The lowest BCUT2D eigenvalue weighted by Gasteiger charge is -2.20. The molecule has 0 rings (SSSR count). The molecule has 0 saturated heterocycles. The van der Waals surface area contributed by atoms with Gasteiger partial charge in [-0.05, 0) is 89.9 Å². The van der Waals surface area contributed by atoms with E-state index in [1.807, 2.05) is 6.08 Å². The van der Waals surface area contributed by atoms with Crippen LogP contribution in [0.25, 0.3) is 0 Å². The topological polar surface area (TPSA) is 69.6 Å². The molecule has 0 aliphatic heterocycles. The summed E-state index contributed by atoms with van der Waals surface area (Å²) in [5, 5.41) is 23.2. The molecule has 0 heterocycles. The molecule has 4 heteroatoms. The third-order valence-electron chi connectivity index (χ3n) is 13.0. The molecular weight excluding hydrogens is 855 g/mol. The summed E-state index contributed by atoms with van der Waals surface area (Å²) in [6.45, 7) is 4.20. The standard InChI is InChI=1S/C66H113NO3/c1-3-5-7-9-11-13-15-17-19-21-23-25-27-28-29-30-31-32-33-34-35-36-37-38-40-42-44-46-48-50-52-54-56-58-60-62-66(70)67-64(63-68)65(69)61-59-57-55-53-51-49-47-45-43-41-39-26-24-22-20-18-16-14-12-10-8-6-4-2/h5,7,11,13,17,19,23,25,28-29,31-32,34-35,37-38,42,44,59,61,64-65,68-69H,3-4,6,8-10,12,14-16,18,20-22,24,26-27,30,33,36,39-41,43,45-58,60,62-63H2,1-2H3,(H,67,70)/b7-5-,13-11-,19-17-,25-23-,29-28-,32-31-,35-34-,38-37-,44-42-,61-59+. The number of nitrogens with one attached hydrogen (secondary N) is 1. The number of aliphatic hydroxyl groups excluding tert-OH is 2. The van der Waals surface area contributed by atoms with Crippen molar-refractivity contribution in [3.05, 3.63) is 122 Å². The summed E-state index contributed by atoms with van der Waals surface area (Å²) >= 11 is 0. The van der Waals surface area contributed by atoms with Gasteiger partial charge in [-0.15, -0.1) is 0 Å². The monoisotopic (exact) mass is 968 g/mol. The van der Waals surface area contributed by atoms with Crippen molar-refractivity contribution in [3.8, 4) is 0 Å². The first-order valence-electron chi connectivity index (χ1n) is 29.7. The van der Waals surface area contributed by atoms with Crippen molar-refractivity contribution in [2.75, 3.05) is 6.61 Å². The first-order valence-corrected chi connectivity index (χ1v) is 29.7. The number of rotatable bonds is 53. The van der Waals surface area contributed by atoms with Crippen molar-refractivity contribution in [2.45, 2.75) is 283 Å². The maximum Gasteiger partial charge on any atom is 0.220 e. The lowest BCUT2D eigenvalue weighted by Crippen LogP contribution is -2.45. The fourth-order valence-corrected chi connectivity index (χ4v) is 8.47. The minimum atomic E-state index is -0.854. The Morgan fingerprint density at radius 2 is 0.629 bits per heavy atom. The Morgan fingerprint density at radius 3 is 0.943 bits per heavy atom. The van der Waals surface area contributed by atoms with E-state index in [9.17, 15) is 15.0 Å². The molecule has 400 valence electrons. The molecule has 0 aliphatic carbocycles. The second kappa shape index (κ2) is 60.1. The van der Waals surface area contributed by atoms with Gasteiger partial charge in [-0.2, -0.15) is 0 Å². The minimum Gasteiger partial charge on any atom is -0.394 e. The van der Waals surface area contributed by atoms with Crippen LogP contribution in [-0.4, -0.2) is 34.9 Å². The summed E-state index contributed by atoms with van der Waals surface area (Å²) in [4.78, 5) is 12.5. The van der Waals surface area contributed by atoms with Crippen LogP contribution in [0.5, 0.6) is 0 Å². The molecule has 0 fully saturated rings. The zero-order valence-electron chi connectivity index (χ0n) is 46.0. The van der Waals surface area contributed by atoms with Crippen LogP contribution >= 0.6 is 0 Å². The van der Waals surface area contributed by atoms with Crippen LogP contribution < -0.4 is 5.32 Å². The largest absolute Gasteiger partial charge is 0.394 e. The molecular formula is C66H113NO3. The number of unbranched alkanes of at least 4 members (excludes halogenated alkanes) is 28. The zero-order valence-corrected chi connectivity index (χ0v) is 46.0. The molecule has 4 nitrogen and oxygen atoms in total. The Balaban J connectivity index is 3.62. The van der Waals surface area contributed by atoms with E-state index in [4.69, 9.17) is 0 Å². The number of aliphatic hydroxyl groups is 2. The Morgan fingerprint density at radius 1 is 0.357 bits per heavy atom. The summed E-state index contributed by atoms with van der Waals surface area (Å²) < 4.78 is 0. The highest BCUT2D eigenvalue weighted by atomic mass is 16.3. The van der Waals surface area contributed by atoms with Crippen molar-refractivity contribution in [3.63, 3.8) is 0 Å². The van der Waals surface area contributed by atoms with Gasteiger partial charge in [-0.25, -0.2) is 0 Å². The van der Waals surface area contributed by atoms with Crippen molar-refractivity contribution in [2.24, 2.45) is 0 Å².